The second-order valence-corrected chi connectivity index (χ2v) is 10.6. The smallest absolute Gasteiger partial charge is 0.230 e. The number of carbonyl (C=O) groups is 1. The van der Waals surface area contributed by atoms with Crippen LogP contribution in [0.1, 0.15) is 52.4 Å². The number of rotatable bonds is 9. The van der Waals surface area contributed by atoms with Gasteiger partial charge in [-0.2, -0.15) is 0 Å². The van der Waals surface area contributed by atoms with Crippen LogP contribution < -0.4 is 5.32 Å². The predicted octanol–water partition coefficient (Wildman–Crippen LogP) is 4.46. The van der Waals surface area contributed by atoms with Gasteiger partial charge in [0, 0.05) is 11.8 Å². The van der Waals surface area contributed by atoms with E-state index in [9.17, 15) is 4.79 Å². The maximum absolute atomic E-state index is 12.2. The van der Waals surface area contributed by atoms with Crippen molar-refractivity contribution in [2.45, 2.75) is 67.1 Å². The van der Waals surface area contributed by atoms with E-state index < -0.39 is 0 Å². The second kappa shape index (κ2) is 8.90. The van der Waals surface area contributed by atoms with Crippen molar-refractivity contribution in [1.29, 1.82) is 0 Å². The van der Waals surface area contributed by atoms with Crippen LogP contribution in [0.5, 0.6) is 0 Å². The molecule has 4 atom stereocenters. The van der Waals surface area contributed by atoms with E-state index in [1.54, 1.807) is 23.1 Å². The standard InChI is InChI=1S/C17H27N3OS3/c1-3-4-7-22-16-19-20-17(24-16)23-10-15(21)18-11(2)14-9-12-5-6-13(14)8-12/h11-14H,3-10H2,1-2H3,(H,18,21)/t11-,12-,13-,14+/m0/s1. The first-order valence-corrected chi connectivity index (χ1v) is 11.8. The van der Waals surface area contributed by atoms with Gasteiger partial charge in [0.1, 0.15) is 0 Å². The molecule has 0 aliphatic heterocycles. The monoisotopic (exact) mass is 385 g/mol. The Morgan fingerprint density at radius 2 is 2.08 bits per heavy atom. The Morgan fingerprint density at radius 1 is 1.29 bits per heavy atom. The first-order valence-electron chi connectivity index (χ1n) is 9.04. The molecule has 0 aromatic carbocycles. The highest BCUT2D eigenvalue weighted by Gasteiger charge is 2.42. The summed E-state index contributed by atoms with van der Waals surface area (Å²) in [5.74, 6) is 4.14. The first kappa shape index (κ1) is 18.5. The molecule has 7 heteroatoms. The van der Waals surface area contributed by atoms with Crippen LogP contribution in [0, 0.1) is 17.8 Å². The van der Waals surface area contributed by atoms with Gasteiger partial charge >= 0.3 is 0 Å². The quantitative estimate of drug-likeness (QED) is 0.502. The summed E-state index contributed by atoms with van der Waals surface area (Å²) < 4.78 is 1.92. The minimum Gasteiger partial charge on any atom is -0.353 e. The third kappa shape index (κ3) is 4.88. The summed E-state index contributed by atoms with van der Waals surface area (Å²) in [6.45, 7) is 4.37. The van der Waals surface area contributed by atoms with Crippen LogP contribution in [0.2, 0.25) is 0 Å². The number of hydrogen-bond donors (Lipinski definition) is 1. The van der Waals surface area contributed by atoms with Crippen LogP contribution in [0.25, 0.3) is 0 Å². The lowest BCUT2D eigenvalue weighted by Crippen LogP contribution is -2.40. The minimum absolute atomic E-state index is 0.130. The molecule has 1 heterocycles. The highest BCUT2D eigenvalue weighted by molar-refractivity contribution is 8.03. The van der Waals surface area contributed by atoms with Crippen molar-refractivity contribution in [2.24, 2.45) is 17.8 Å². The molecule has 1 aromatic rings. The van der Waals surface area contributed by atoms with Gasteiger partial charge in [-0.25, -0.2) is 0 Å². The van der Waals surface area contributed by atoms with Gasteiger partial charge < -0.3 is 5.32 Å². The molecule has 1 N–H and O–H groups in total. The van der Waals surface area contributed by atoms with Crippen molar-refractivity contribution < 1.29 is 4.79 Å². The van der Waals surface area contributed by atoms with Crippen molar-refractivity contribution in [3.05, 3.63) is 0 Å². The molecule has 0 saturated heterocycles. The average Bonchev–Trinajstić information content (AvgIpc) is 3.30. The molecule has 2 aliphatic carbocycles. The molecular formula is C17H27N3OS3. The van der Waals surface area contributed by atoms with Crippen LogP contribution >= 0.6 is 34.9 Å². The van der Waals surface area contributed by atoms with Crippen molar-refractivity contribution in [1.82, 2.24) is 15.5 Å². The normalized spacial score (nSPS) is 26.7. The summed E-state index contributed by atoms with van der Waals surface area (Å²) in [6.07, 6.45) is 7.89. The molecule has 0 radical (unpaired) electrons. The zero-order valence-corrected chi connectivity index (χ0v) is 16.9. The fourth-order valence-corrected chi connectivity index (χ4v) is 7.04. The highest BCUT2D eigenvalue weighted by Crippen LogP contribution is 2.49. The highest BCUT2D eigenvalue weighted by atomic mass is 32.2. The number of aromatic nitrogens is 2. The molecule has 3 rings (SSSR count). The molecule has 24 heavy (non-hydrogen) atoms. The lowest BCUT2D eigenvalue weighted by atomic mass is 9.84. The Kier molecular flexibility index (Phi) is 6.87. The summed E-state index contributed by atoms with van der Waals surface area (Å²) in [5.41, 5.74) is 0. The van der Waals surface area contributed by atoms with E-state index in [4.69, 9.17) is 0 Å². The number of thioether (sulfide) groups is 2. The van der Waals surface area contributed by atoms with Crippen LogP contribution in [0.15, 0.2) is 8.68 Å². The van der Waals surface area contributed by atoms with Crippen molar-refractivity contribution in [3.8, 4) is 0 Å². The number of nitrogens with one attached hydrogen (secondary N) is 1. The number of unbranched alkanes of at least 4 members (excludes halogenated alkanes) is 1. The van der Waals surface area contributed by atoms with E-state index in [0.29, 0.717) is 17.7 Å². The molecule has 1 aromatic heterocycles. The maximum atomic E-state index is 12.2. The van der Waals surface area contributed by atoms with Crippen molar-refractivity contribution in [3.63, 3.8) is 0 Å². The first-order chi connectivity index (χ1) is 11.7. The molecular weight excluding hydrogens is 358 g/mol. The van der Waals surface area contributed by atoms with Gasteiger partial charge in [-0.1, -0.05) is 54.6 Å². The van der Waals surface area contributed by atoms with Crippen molar-refractivity contribution in [2.75, 3.05) is 11.5 Å². The number of amides is 1. The van der Waals surface area contributed by atoms with Gasteiger partial charge in [-0.05, 0) is 50.4 Å². The predicted molar refractivity (Wildman–Crippen MR) is 103 cm³/mol. The van der Waals surface area contributed by atoms with Crippen LogP contribution in [-0.2, 0) is 4.79 Å². The zero-order valence-electron chi connectivity index (χ0n) is 14.5. The van der Waals surface area contributed by atoms with Gasteiger partial charge in [0.2, 0.25) is 5.91 Å². The lowest BCUT2D eigenvalue weighted by Gasteiger charge is -2.28. The SMILES string of the molecule is CCCCSc1nnc(SCC(=O)N[C@@H](C)[C@H]2C[C@H]3CC[C@H]2C3)s1. The number of nitrogens with zero attached hydrogens (tertiary/aromatic N) is 2. The number of hydrogen-bond acceptors (Lipinski definition) is 6. The fourth-order valence-electron chi connectivity index (χ4n) is 4.05. The summed E-state index contributed by atoms with van der Waals surface area (Å²) in [4.78, 5) is 12.2. The third-order valence-electron chi connectivity index (χ3n) is 5.26. The summed E-state index contributed by atoms with van der Waals surface area (Å²) in [7, 11) is 0. The van der Waals surface area contributed by atoms with E-state index in [0.717, 1.165) is 26.3 Å². The van der Waals surface area contributed by atoms with Gasteiger partial charge in [0.25, 0.3) is 0 Å². The van der Waals surface area contributed by atoms with Gasteiger partial charge in [0.15, 0.2) is 8.68 Å². The zero-order chi connectivity index (χ0) is 16.9. The number of carbonyl (C=O) groups excluding carboxylic acids is 1. The molecule has 134 valence electrons. The van der Waals surface area contributed by atoms with E-state index >= 15 is 0 Å². The van der Waals surface area contributed by atoms with E-state index in [2.05, 4.69) is 29.4 Å². The van der Waals surface area contributed by atoms with Gasteiger partial charge in [0.05, 0.1) is 5.75 Å². The molecule has 4 nitrogen and oxygen atoms in total. The Labute approximate surface area is 157 Å². The van der Waals surface area contributed by atoms with E-state index in [1.807, 2.05) is 0 Å². The van der Waals surface area contributed by atoms with Crippen molar-refractivity contribution >= 4 is 40.8 Å². The molecule has 0 unspecified atom stereocenters. The summed E-state index contributed by atoms with van der Waals surface area (Å²) in [5, 5.41) is 11.6. The Bertz CT molecular complexity index is 551. The molecule has 0 spiro atoms. The van der Waals surface area contributed by atoms with E-state index in [-0.39, 0.29) is 5.91 Å². The lowest BCUT2D eigenvalue weighted by molar-refractivity contribution is -0.119. The van der Waals surface area contributed by atoms with Gasteiger partial charge in [-0.3, -0.25) is 4.79 Å². The largest absolute Gasteiger partial charge is 0.353 e. The minimum atomic E-state index is 0.130. The van der Waals surface area contributed by atoms with Crippen LogP contribution in [0.4, 0.5) is 0 Å². The topological polar surface area (TPSA) is 54.9 Å². The van der Waals surface area contributed by atoms with E-state index in [1.165, 1.54) is 50.3 Å². The third-order valence-corrected chi connectivity index (χ3v) is 8.54. The fraction of sp³-hybridized carbons (Fsp3) is 0.824. The Balaban J connectivity index is 1.38. The van der Waals surface area contributed by atoms with Crippen LogP contribution in [-0.4, -0.2) is 33.7 Å². The molecule has 2 aliphatic rings. The molecule has 2 fully saturated rings. The average molecular weight is 386 g/mol. The molecule has 2 saturated carbocycles. The summed E-state index contributed by atoms with van der Waals surface area (Å²) in [6, 6.07) is 0.308. The van der Waals surface area contributed by atoms with Crippen LogP contribution in [0.3, 0.4) is 0 Å². The Morgan fingerprint density at radius 3 is 2.75 bits per heavy atom. The second-order valence-electron chi connectivity index (χ2n) is 7.02. The molecule has 1 amide bonds. The molecule has 2 bridgehead atoms. The summed E-state index contributed by atoms with van der Waals surface area (Å²) >= 11 is 4.88. The Hall–Kier alpha value is -0.270. The maximum Gasteiger partial charge on any atom is 0.230 e. The number of fused-ring (bicyclic) bond motifs is 2. The van der Waals surface area contributed by atoms with Gasteiger partial charge in [-0.15, -0.1) is 10.2 Å².